The molecule has 0 bridgehead atoms. The minimum Gasteiger partial charge on any atom is -0.464 e. The summed E-state index contributed by atoms with van der Waals surface area (Å²) in [5.41, 5.74) is 0.764. The topological polar surface area (TPSA) is 75.7 Å². The summed E-state index contributed by atoms with van der Waals surface area (Å²) in [5.74, 6) is -3.48. The van der Waals surface area contributed by atoms with E-state index in [-0.39, 0.29) is 32.4 Å². The fourth-order valence-electron chi connectivity index (χ4n) is 3.17. The van der Waals surface area contributed by atoms with Gasteiger partial charge in [-0.1, -0.05) is 43.7 Å². The van der Waals surface area contributed by atoms with E-state index in [0.717, 1.165) is 12.0 Å². The number of amides is 2. The van der Waals surface area contributed by atoms with E-state index in [1.807, 2.05) is 6.92 Å². The maximum atomic E-state index is 12.8. The molecule has 1 fully saturated rings. The van der Waals surface area contributed by atoms with Gasteiger partial charge in [0.1, 0.15) is 12.1 Å². The highest BCUT2D eigenvalue weighted by Crippen LogP contribution is 2.26. The van der Waals surface area contributed by atoms with Crippen LogP contribution in [0.2, 0.25) is 0 Å². The number of carbonyl (C=O) groups is 3. The van der Waals surface area contributed by atoms with Crippen LogP contribution in [0.3, 0.4) is 0 Å². The second-order valence-corrected chi connectivity index (χ2v) is 6.93. The van der Waals surface area contributed by atoms with Gasteiger partial charge in [-0.3, -0.25) is 9.59 Å². The molecule has 0 saturated carbocycles. The van der Waals surface area contributed by atoms with Crippen LogP contribution in [0.5, 0.6) is 0 Å². The lowest BCUT2D eigenvalue weighted by Crippen LogP contribution is -2.54. The molecule has 0 spiro atoms. The molecule has 1 heterocycles. The van der Waals surface area contributed by atoms with Crippen molar-refractivity contribution in [1.82, 2.24) is 10.2 Å². The number of alkyl halides is 3. The van der Waals surface area contributed by atoms with Crippen molar-refractivity contribution in [2.45, 2.75) is 57.3 Å². The predicted molar refractivity (Wildman–Crippen MR) is 98.7 cm³/mol. The van der Waals surface area contributed by atoms with Gasteiger partial charge < -0.3 is 15.0 Å². The van der Waals surface area contributed by atoms with E-state index >= 15 is 0 Å². The van der Waals surface area contributed by atoms with Gasteiger partial charge in [-0.25, -0.2) is 4.79 Å². The van der Waals surface area contributed by atoms with E-state index in [9.17, 15) is 27.6 Å². The van der Waals surface area contributed by atoms with Gasteiger partial charge in [0.05, 0.1) is 6.61 Å². The molecule has 2 rings (SSSR count). The highest BCUT2D eigenvalue weighted by atomic mass is 19.4. The molecule has 1 N–H and O–H groups in total. The molecule has 9 heteroatoms. The Morgan fingerprint density at radius 3 is 2.55 bits per heavy atom. The van der Waals surface area contributed by atoms with Crippen molar-refractivity contribution in [2.24, 2.45) is 0 Å². The van der Waals surface area contributed by atoms with E-state index in [2.05, 4.69) is 5.32 Å². The van der Waals surface area contributed by atoms with Crippen molar-refractivity contribution >= 4 is 17.8 Å². The molecule has 1 aliphatic rings. The number of benzene rings is 1. The quantitative estimate of drug-likeness (QED) is 0.524. The summed E-state index contributed by atoms with van der Waals surface area (Å²) in [4.78, 5) is 37.2. The molecule has 2 atom stereocenters. The summed E-state index contributed by atoms with van der Waals surface area (Å²) in [6.45, 7) is 1.97. The lowest BCUT2D eigenvalue weighted by Gasteiger charge is -2.26. The first kappa shape index (κ1) is 22.7. The van der Waals surface area contributed by atoms with Crippen LogP contribution in [0.1, 0.15) is 38.2 Å². The number of unbranched alkanes of at least 4 members (excludes halogenated alkanes) is 1. The summed E-state index contributed by atoms with van der Waals surface area (Å²) >= 11 is 0. The third-order valence-electron chi connectivity index (χ3n) is 4.68. The lowest BCUT2D eigenvalue weighted by atomic mass is 10.1. The van der Waals surface area contributed by atoms with Gasteiger partial charge in [0.2, 0.25) is 5.91 Å². The van der Waals surface area contributed by atoms with E-state index in [0.29, 0.717) is 11.3 Å². The molecule has 29 heavy (non-hydrogen) atoms. The Hall–Kier alpha value is -2.58. The average Bonchev–Trinajstić information content (AvgIpc) is 3.16. The maximum Gasteiger partial charge on any atom is 0.471 e. The van der Waals surface area contributed by atoms with Gasteiger partial charge in [0, 0.05) is 13.0 Å². The van der Waals surface area contributed by atoms with Crippen LogP contribution < -0.4 is 5.32 Å². The summed E-state index contributed by atoms with van der Waals surface area (Å²) in [5, 5.41) is 2.50. The SMILES string of the molecule is CCCCOC(=O)[C@H](Cc1ccccc1)NC(=O)[C@@H]1CCCN1C(=O)C(F)(F)F. The molecule has 6 nitrogen and oxygen atoms in total. The van der Waals surface area contributed by atoms with Gasteiger partial charge >= 0.3 is 18.1 Å². The number of nitrogens with one attached hydrogen (secondary N) is 1. The Balaban J connectivity index is 2.10. The van der Waals surface area contributed by atoms with Crippen molar-refractivity contribution in [1.29, 1.82) is 0 Å². The first-order chi connectivity index (χ1) is 13.7. The molecule has 0 aromatic heterocycles. The summed E-state index contributed by atoms with van der Waals surface area (Å²) in [7, 11) is 0. The van der Waals surface area contributed by atoms with Gasteiger partial charge in [-0.2, -0.15) is 13.2 Å². The van der Waals surface area contributed by atoms with Crippen molar-refractivity contribution in [3.63, 3.8) is 0 Å². The van der Waals surface area contributed by atoms with Crippen molar-refractivity contribution in [3.05, 3.63) is 35.9 Å². The van der Waals surface area contributed by atoms with E-state index < -0.39 is 36.0 Å². The number of hydrogen-bond acceptors (Lipinski definition) is 4. The maximum absolute atomic E-state index is 12.8. The van der Waals surface area contributed by atoms with Crippen LogP contribution in [0.4, 0.5) is 13.2 Å². The van der Waals surface area contributed by atoms with Gasteiger partial charge in [-0.05, 0) is 24.8 Å². The minimum atomic E-state index is -5.05. The fraction of sp³-hybridized carbons (Fsp3) is 0.550. The Labute approximate surface area is 167 Å². The zero-order chi connectivity index (χ0) is 21.4. The number of halogens is 3. The largest absolute Gasteiger partial charge is 0.471 e. The predicted octanol–water partition coefficient (Wildman–Crippen LogP) is 2.61. The molecule has 1 aliphatic heterocycles. The standard InChI is InChI=1S/C20H25F3N2O4/c1-2-3-12-29-18(27)15(13-14-8-5-4-6-9-14)24-17(26)16-10-7-11-25(16)19(28)20(21,22)23/h4-6,8-9,15-16H,2-3,7,10-13H2,1H3,(H,24,26)/t15-,16-/m0/s1. The van der Waals surface area contributed by atoms with Gasteiger partial charge in [0.25, 0.3) is 0 Å². The number of esters is 1. The van der Waals surface area contributed by atoms with Crippen LogP contribution in [0.25, 0.3) is 0 Å². The van der Waals surface area contributed by atoms with E-state index in [1.165, 1.54) is 0 Å². The highest BCUT2D eigenvalue weighted by molar-refractivity contribution is 5.92. The van der Waals surface area contributed by atoms with Crippen molar-refractivity contribution in [3.8, 4) is 0 Å². The molecule has 0 aliphatic carbocycles. The number of carbonyl (C=O) groups excluding carboxylic acids is 3. The third-order valence-corrected chi connectivity index (χ3v) is 4.68. The van der Waals surface area contributed by atoms with Crippen molar-refractivity contribution in [2.75, 3.05) is 13.2 Å². The smallest absolute Gasteiger partial charge is 0.464 e. The lowest BCUT2D eigenvalue weighted by molar-refractivity contribution is -0.186. The molecular formula is C20H25F3N2O4. The second kappa shape index (κ2) is 10.3. The number of hydrogen-bond donors (Lipinski definition) is 1. The van der Waals surface area contributed by atoms with E-state index in [4.69, 9.17) is 4.74 Å². The molecule has 1 aromatic carbocycles. The normalized spacial score (nSPS) is 17.7. The number of ether oxygens (including phenoxy) is 1. The van der Waals surface area contributed by atoms with Crippen LogP contribution in [-0.4, -0.2) is 54.1 Å². The Bertz CT molecular complexity index is 709. The molecule has 2 amide bonds. The first-order valence-electron chi connectivity index (χ1n) is 9.62. The van der Waals surface area contributed by atoms with Crippen LogP contribution in [0.15, 0.2) is 30.3 Å². The van der Waals surface area contributed by atoms with E-state index in [1.54, 1.807) is 30.3 Å². The highest BCUT2D eigenvalue weighted by Gasteiger charge is 2.48. The van der Waals surface area contributed by atoms with Crippen LogP contribution in [-0.2, 0) is 25.5 Å². The Morgan fingerprint density at radius 2 is 1.93 bits per heavy atom. The summed E-state index contributed by atoms with van der Waals surface area (Å²) in [6, 6.07) is 6.59. The first-order valence-corrected chi connectivity index (χ1v) is 9.62. The molecule has 1 saturated heterocycles. The Morgan fingerprint density at radius 1 is 1.24 bits per heavy atom. The van der Waals surface area contributed by atoms with Crippen LogP contribution in [0, 0.1) is 0 Å². The number of likely N-dealkylation sites (tertiary alicyclic amines) is 1. The zero-order valence-corrected chi connectivity index (χ0v) is 16.2. The monoisotopic (exact) mass is 414 g/mol. The Kier molecular flexibility index (Phi) is 8.04. The number of rotatable bonds is 8. The van der Waals surface area contributed by atoms with Crippen molar-refractivity contribution < 1.29 is 32.3 Å². The molecule has 0 radical (unpaired) electrons. The second-order valence-electron chi connectivity index (χ2n) is 6.93. The molecule has 160 valence electrons. The summed E-state index contributed by atoms with van der Waals surface area (Å²) < 4.78 is 43.6. The fourth-order valence-corrected chi connectivity index (χ4v) is 3.17. The molecule has 1 aromatic rings. The van der Waals surface area contributed by atoms with Crippen LogP contribution >= 0.6 is 0 Å². The average molecular weight is 414 g/mol. The van der Waals surface area contributed by atoms with Gasteiger partial charge in [0.15, 0.2) is 0 Å². The van der Waals surface area contributed by atoms with Gasteiger partial charge in [-0.15, -0.1) is 0 Å². The molecule has 0 unspecified atom stereocenters. The third kappa shape index (κ3) is 6.47. The zero-order valence-electron chi connectivity index (χ0n) is 16.2. The summed E-state index contributed by atoms with van der Waals surface area (Å²) in [6.07, 6.45) is -3.04. The number of nitrogens with zero attached hydrogens (tertiary/aromatic N) is 1. The molecular weight excluding hydrogens is 389 g/mol. The minimum absolute atomic E-state index is 0.108.